The number of rotatable bonds is 2. The second kappa shape index (κ2) is 4.78. The number of hydrogen-bond donors (Lipinski definition) is 3. The third kappa shape index (κ3) is 2.25. The molecule has 1 unspecified atom stereocenters. The van der Waals surface area contributed by atoms with E-state index >= 15 is 0 Å². The quantitative estimate of drug-likeness (QED) is 0.756. The molecule has 0 saturated heterocycles. The van der Waals surface area contributed by atoms with Crippen LogP contribution in [0.15, 0.2) is 46.2 Å². The van der Waals surface area contributed by atoms with Gasteiger partial charge in [0.15, 0.2) is 0 Å². The third-order valence-corrected chi connectivity index (χ3v) is 3.23. The minimum atomic E-state index is -1.02. The van der Waals surface area contributed by atoms with Crippen LogP contribution in [0.5, 0.6) is 5.88 Å². The first-order valence-electron chi connectivity index (χ1n) is 6.09. The zero-order valence-electron chi connectivity index (χ0n) is 10.6. The van der Waals surface area contributed by atoms with E-state index in [1.165, 1.54) is 18.4 Å². The maximum Gasteiger partial charge on any atom is 0.335 e. The largest absolute Gasteiger partial charge is 0.478 e. The van der Waals surface area contributed by atoms with E-state index in [-0.39, 0.29) is 17.0 Å². The molecule has 106 valence electrons. The number of carboxylic acids is 1. The van der Waals surface area contributed by atoms with Crippen molar-refractivity contribution in [1.82, 2.24) is 9.97 Å². The maximum atomic E-state index is 12.0. The van der Waals surface area contributed by atoms with Crippen LogP contribution in [0.3, 0.4) is 0 Å². The van der Waals surface area contributed by atoms with Gasteiger partial charge in [0.25, 0.3) is 5.56 Å². The average molecular weight is 286 g/mol. The van der Waals surface area contributed by atoms with Crippen LogP contribution in [-0.2, 0) is 0 Å². The van der Waals surface area contributed by atoms with E-state index in [2.05, 4.69) is 9.97 Å². The Kier molecular flexibility index (Phi) is 2.94. The van der Waals surface area contributed by atoms with Gasteiger partial charge in [-0.05, 0) is 23.8 Å². The van der Waals surface area contributed by atoms with Gasteiger partial charge < -0.3 is 9.84 Å². The number of allylic oxidation sites excluding steroid dienone is 1. The Labute approximate surface area is 117 Å². The first-order valence-corrected chi connectivity index (χ1v) is 6.09. The molecule has 1 aliphatic heterocycles. The van der Waals surface area contributed by atoms with Gasteiger partial charge in [0.1, 0.15) is 0 Å². The van der Waals surface area contributed by atoms with Crippen molar-refractivity contribution in [2.45, 2.75) is 5.92 Å². The molecule has 0 radical (unpaired) electrons. The van der Waals surface area contributed by atoms with Gasteiger partial charge >= 0.3 is 11.7 Å². The smallest absolute Gasteiger partial charge is 0.335 e. The standard InChI is InChI=1S/C14H10N2O5/c17-11-10-9(5-6-21-12(10)16-14(20)15-11)7-1-3-8(4-2-7)13(18)19/h1-6,9H,(H,18,19)(H2,15,16,17,20). The van der Waals surface area contributed by atoms with Gasteiger partial charge in [0.05, 0.1) is 17.4 Å². The number of H-pyrrole nitrogens is 2. The summed E-state index contributed by atoms with van der Waals surface area (Å²) >= 11 is 0. The molecule has 1 aromatic heterocycles. The fraction of sp³-hybridized carbons (Fsp3) is 0.0714. The Balaban J connectivity index is 2.10. The normalized spacial score (nSPS) is 16.1. The summed E-state index contributed by atoms with van der Waals surface area (Å²) in [6, 6.07) is 6.16. The van der Waals surface area contributed by atoms with Gasteiger partial charge in [-0.1, -0.05) is 12.1 Å². The minimum Gasteiger partial charge on any atom is -0.478 e. The van der Waals surface area contributed by atoms with Gasteiger partial charge in [-0.2, -0.15) is 0 Å². The van der Waals surface area contributed by atoms with Gasteiger partial charge in [-0.15, -0.1) is 0 Å². The van der Waals surface area contributed by atoms with E-state index in [1.54, 1.807) is 18.2 Å². The van der Waals surface area contributed by atoms with Gasteiger partial charge in [-0.3, -0.25) is 14.8 Å². The highest BCUT2D eigenvalue weighted by Crippen LogP contribution is 2.31. The Hall–Kier alpha value is -3.09. The van der Waals surface area contributed by atoms with Crippen LogP contribution >= 0.6 is 0 Å². The molecule has 0 fully saturated rings. The molecule has 0 spiro atoms. The number of ether oxygens (including phenoxy) is 1. The summed E-state index contributed by atoms with van der Waals surface area (Å²) < 4.78 is 5.15. The summed E-state index contributed by atoms with van der Waals surface area (Å²) in [5.74, 6) is -1.34. The van der Waals surface area contributed by atoms with Crippen molar-refractivity contribution in [1.29, 1.82) is 0 Å². The van der Waals surface area contributed by atoms with Crippen molar-refractivity contribution in [2.75, 3.05) is 0 Å². The second-order valence-electron chi connectivity index (χ2n) is 4.50. The topological polar surface area (TPSA) is 112 Å². The Morgan fingerprint density at radius 2 is 1.86 bits per heavy atom. The van der Waals surface area contributed by atoms with E-state index < -0.39 is 23.1 Å². The number of carbonyl (C=O) groups is 1. The van der Waals surface area contributed by atoms with Crippen molar-refractivity contribution in [2.24, 2.45) is 0 Å². The predicted molar refractivity (Wildman–Crippen MR) is 72.7 cm³/mol. The zero-order valence-corrected chi connectivity index (χ0v) is 10.6. The summed E-state index contributed by atoms with van der Waals surface area (Å²) in [4.78, 5) is 38.6. The lowest BCUT2D eigenvalue weighted by molar-refractivity contribution is 0.0697. The highest BCUT2D eigenvalue weighted by Gasteiger charge is 2.24. The van der Waals surface area contributed by atoms with Crippen LogP contribution in [0, 0.1) is 0 Å². The molecule has 7 heteroatoms. The fourth-order valence-electron chi connectivity index (χ4n) is 2.24. The molecule has 2 heterocycles. The lowest BCUT2D eigenvalue weighted by Crippen LogP contribution is -2.29. The molecule has 0 bridgehead atoms. The minimum absolute atomic E-state index is 0.0959. The number of carboxylic acid groups (broad SMARTS) is 1. The number of hydrogen-bond acceptors (Lipinski definition) is 4. The van der Waals surface area contributed by atoms with Gasteiger partial charge in [0, 0.05) is 5.92 Å². The number of fused-ring (bicyclic) bond motifs is 1. The molecule has 3 rings (SSSR count). The molecule has 21 heavy (non-hydrogen) atoms. The van der Waals surface area contributed by atoms with E-state index in [9.17, 15) is 14.4 Å². The lowest BCUT2D eigenvalue weighted by atomic mass is 9.91. The third-order valence-electron chi connectivity index (χ3n) is 3.23. The van der Waals surface area contributed by atoms with Gasteiger partial charge in [-0.25, -0.2) is 9.59 Å². The Morgan fingerprint density at radius 1 is 1.14 bits per heavy atom. The zero-order chi connectivity index (χ0) is 15.0. The summed E-state index contributed by atoms with van der Waals surface area (Å²) in [5, 5.41) is 8.89. The van der Waals surface area contributed by atoms with E-state index in [0.29, 0.717) is 0 Å². The molecule has 7 nitrogen and oxygen atoms in total. The number of aromatic nitrogens is 2. The average Bonchev–Trinajstić information content (AvgIpc) is 2.46. The van der Waals surface area contributed by atoms with E-state index in [4.69, 9.17) is 9.84 Å². The summed E-state index contributed by atoms with van der Waals surface area (Å²) in [7, 11) is 0. The monoisotopic (exact) mass is 286 g/mol. The molecular formula is C14H10N2O5. The van der Waals surface area contributed by atoms with E-state index in [1.807, 2.05) is 0 Å². The number of aromatic amines is 2. The fourth-order valence-corrected chi connectivity index (χ4v) is 2.24. The molecular weight excluding hydrogens is 276 g/mol. The summed E-state index contributed by atoms with van der Waals surface area (Å²) in [5.41, 5.74) is -0.0247. The van der Waals surface area contributed by atoms with Crippen LogP contribution in [0.2, 0.25) is 0 Å². The molecule has 3 N–H and O–H groups in total. The first kappa shape index (κ1) is 12.9. The van der Waals surface area contributed by atoms with Crippen molar-refractivity contribution >= 4 is 5.97 Å². The Bertz CT molecular complexity index is 845. The van der Waals surface area contributed by atoms with Crippen molar-refractivity contribution in [3.8, 4) is 5.88 Å². The molecule has 0 aliphatic carbocycles. The second-order valence-corrected chi connectivity index (χ2v) is 4.50. The van der Waals surface area contributed by atoms with Gasteiger partial charge in [0.2, 0.25) is 5.88 Å². The molecule has 1 aliphatic rings. The maximum absolute atomic E-state index is 12.0. The molecule has 0 saturated carbocycles. The first-order chi connectivity index (χ1) is 10.1. The highest BCUT2D eigenvalue weighted by atomic mass is 16.5. The van der Waals surface area contributed by atoms with Crippen molar-refractivity contribution < 1.29 is 14.6 Å². The molecule has 1 aromatic carbocycles. The van der Waals surface area contributed by atoms with Crippen molar-refractivity contribution in [3.05, 3.63) is 74.1 Å². The van der Waals surface area contributed by atoms with Crippen LogP contribution in [0.1, 0.15) is 27.4 Å². The summed E-state index contributed by atoms with van der Waals surface area (Å²) in [6.45, 7) is 0. The lowest BCUT2D eigenvalue weighted by Gasteiger charge is -2.19. The Morgan fingerprint density at radius 3 is 2.52 bits per heavy atom. The van der Waals surface area contributed by atoms with Crippen LogP contribution in [0.4, 0.5) is 0 Å². The highest BCUT2D eigenvalue weighted by molar-refractivity contribution is 5.87. The van der Waals surface area contributed by atoms with Crippen LogP contribution in [-0.4, -0.2) is 21.0 Å². The number of nitrogens with one attached hydrogen (secondary N) is 2. The predicted octanol–water partition coefficient (Wildman–Crippen LogP) is 0.799. The molecule has 1 atom stereocenters. The van der Waals surface area contributed by atoms with Crippen LogP contribution < -0.4 is 16.0 Å². The SMILES string of the molecule is O=C(O)c1ccc(C2C=COc3[nH]c(=O)[nH]c(=O)c32)cc1. The number of benzene rings is 1. The molecule has 0 amide bonds. The summed E-state index contributed by atoms with van der Waals surface area (Å²) in [6.07, 6.45) is 3.04. The van der Waals surface area contributed by atoms with Crippen molar-refractivity contribution in [3.63, 3.8) is 0 Å². The van der Waals surface area contributed by atoms with E-state index in [0.717, 1.165) is 5.56 Å². The van der Waals surface area contributed by atoms with Crippen LogP contribution in [0.25, 0.3) is 0 Å². The number of aromatic carboxylic acids is 1. The molecule has 2 aromatic rings.